The third-order valence-corrected chi connectivity index (χ3v) is 4.39. The third kappa shape index (κ3) is 3.71. The molecule has 0 unspecified atom stereocenters. The van der Waals surface area contributed by atoms with Gasteiger partial charge in [-0.05, 0) is 37.6 Å². The Hall–Kier alpha value is -0.570. The lowest BCUT2D eigenvalue weighted by Gasteiger charge is -2.26. The lowest BCUT2D eigenvalue weighted by Crippen LogP contribution is -2.37. The number of halogens is 2. The first-order chi connectivity index (χ1) is 9.11. The van der Waals surface area contributed by atoms with E-state index in [0.717, 1.165) is 6.54 Å². The SMILES string of the molecule is CCN(CC(=O)c1cc(Cl)ccc1Cl)C1CCCC1. The van der Waals surface area contributed by atoms with E-state index in [4.69, 9.17) is 23.2 Å². The summed E-state index contributed by atoms with van der Waals surface area (Å²) in [7, 11) is 0. The topological polar surface area (TPSA) is 20.3 Å². The van der Waals surface area contributed by atoms with Gasteiger partial charge in [0.1, 0.15) is 0 Å². The van der Waals surface area contributed by atoms with Gasteiger partial charge in [0.05, 0.1) is 11.6 Å². The zero-order valence-electron chi connectivity index (χ0n) is 11.2. The van der Waals surface area contributed by atoms with Crippen LogP contribution in [-0.2, 0) is 0 Å². The molecule has 0 bridgehead atoms. The van der Waals surface area contributed by atoms with Crippen LogP contribution in [0.5, 0.6) is 0 Å². The van der Waals surface area contributed by atoms with E-state index in [-0.39, 0.29) is 5.78 Å². The minimum Gasteiger partial charge on any atom is -0.293 e. The van der Waals surface area contributed by atoms with Gasteiger partial charge in [-0.25, -0.2) is 0 Å². The van der Waals surface area contributed by atoms with Gasteiger partial charge in [0.25, 0.3) is 0 Å². The van der Waals surface area contributed by atoms with Gasteiger partial charge in [-0.2, -0.15) is 0 Å². The molecule has 0 saturated heterocycles. The van der Waals surface area contributed by atoms with Crippen LogP contribution in [0.3, 0.4) is 0 Å². The highest BCUT2D eigenvalue weighted by molar-refractivity contribution is 6.36. The van der Waals surface area contributed by atoms with Crippen LogP contribution in [0.15, 0.2) is 18.2 Å². The molecule has 2 nitrogen and oxygen atoms in total. The van der Waals surface area contributed by atoms with Crippen molar-refractivity contribution in [1.82, 2.24) is 4.90 Å². The molecule has 0 atom stereocenters. The number of likely N-dealkylation sites (N-methyl/N-ethyl adjacent to an activating group) is 1. The molecular weight excluding hydrogens is 281 g/mol. The van der Waals surface area contributed by atoms with E-state index in [1.165, 1.54) is 25.7 Å². The predicted molar refractivity (Wildman–Crippen MR) is 80.3 cm³/mol. The average Bonchev–Trinajstić information content (AvgIpc) is 2.92. The number of hydrogen-bond donors (Lipinski definition) is 0. The van der Waals surface area contributed by atoms with E-state index in [1.807, 2.05) is 0 Å². The van der Waals surface area contributed by atoms with E-state index in [2.05, 4.69) is 11.8 Å². The molecule has 0 aliphatic heterocycles. The number of carbonyl (C=O) groups excluding carboxylic acids is 1. The Morgan fingerprint density at radius 2 is 2.00 bits per heavy atom. The largest absolute Gasteiger partial charge is 0.293 e. The summed E-state index contributed by atoms with van der Waals surface area (Å²) in [5.74, 6) is 0.0567. The van der Waals surface area contributed by atoms with Gasteiger partial charge in [-0.3, -0.25) is 9.69 Å². The number of ketones is 1. The normalized spacial score (nSPS) is 16.2. The van der Waals surface area contributed by atoms with Crippen molar-refractivity contribution in [3.63, 3.8) is 0 Å². The molecule has 1 aromatic rings. The predicted octanol–water partition coefficient (Wildman–Crippen LogP) is 4.44. The van der Waals surface area contributed by atoms with Crippen LogP contribution in [0, 0.1) is 0 Å². The first-order valence-corrected chi connectivity index (χ1v) is 7.59. The first-order valence-electron chi connectivity index (χ1n) is 6.84. The lowest BCUT2D eigenvalue weighted by atomic mass is 10.1. The van der Waals surface area contributed by atoms with E-state index >= 15 is 0 Å². The molecule has 1 aliphatic rings. The molecule has 1 aliphatic carbocycles. The molecule has 0 radical (unpaired) electrons. The second kappa shape index (κ2) is 6.74. The molecule has 1 fully saturated rings. The number of benzene rings is 1. The number of carbonyl (C=O) groups is 1. The standard InChI is InChI=1S/C15H19Cl2NO/c1-2-18(12-5-3-4-6-12)10-15(19)13-9-11(16)7-8-14(13)17/h7-9,12H,2-6,10H2,1H3. The van der Waals surface area contributed by atoms with Crippen molar-refractivity contribution in [2.75, 3.05) is 13.1 Å². The quantitative estimate of drug-likeness (QED) is 0.749. The zero-order valence-corrected chi connectivity index (χ0v) is 12.7. The van der Waals surface area contributed by atoms with Crippen molar-refractivity contribution in [3.05, 3.63) is 33.8 Å². The number of rotatable bonds is 5. The van der Waals surface area contributed by atoms with Crippen LogP contribution >= 0.6 is 23.2 Å². The minimum absolute atomic E-state index is 0.0567. The van der Waals surface area contributed by atoms with Crippen molar-refractivity contribution >= 4 is 29.0 Å². The first kappa shape index (κ1) is 14.8. The Kier molecular flexibility index (Phi) is 5.26. The van der Waals surface area contributed by atoms with Gasteiger partial charge >= 0.3 is 0 Å². The molecule has 0 aromatic heterocycles. The second-order valence-electron chi connectivity index (χ2n) is 5.05. The molecule has 1 saturated carbocycles. The summed E-state index contributed by atoms with van der Waals surface area (Å²) >= 11 is 12.0. The Bertz CT molecular complexity index is 455. The molecule has 4 heteroatoms. The van der Waals surface area contributed by atoms with Gasteiger partial charge in [0.2, 0.25) is 0 Å². The zero-order chi connectivity index (χ0) is 13.8. The average molecular weight is 300 g/mol. The molecule has 1 aromatic carbocycles. The number of nitrogens with zero attached hydrogens (tertiary/aromatic N) is 1. The van der Waals surface area contributed by atoms with Crippen molar-refractivity contribution < 1.29 is 4.79 Å². The Labute approximate surface area is 124 Å². The van der Waals surface area contributed by atoms with Gasteiger partial charge in [-0.15, -0.1) is 0 Å². The fraction of sp³-hybridized carbons (Fsp3) is 0.533. The highest BCUT2D eigenvalue weighted by Crippen LogP contribution is 2.25. The van der Waals surface area contributed by atoms with Crippen LogP contribution in [0.2, 0.25) is 10.0 Å². The van der Waals surface area contributed by atoms with E-state index < -0.39 is 0 Å². The highest BCUT2D eigenvalue weighted by Gasteiger charge is 2.24. The smallest absolute Gasteiger partial charge is 0.178 e. The summed E-state index contributed by atoms with van der Waals surface area (Å²) in [6.45, 7) is 3.43. The maximum absolute atomic E-state index is 12.4. The summed E-state index contributed by atoms with van der Waals surface area (Å²) in [4.78, 5) is 14.6. The van der Waals surface area contributed by atoms with Gasteiger partial charge < -0.3 is 0 Å². The summed E-state index contributed by atoms with van der Waals surface area (Å²) < 4.78 is 0. The molecule has 104 valence electrons. The Balaban J connectivity index is 2.08. The monoisotopic (exact) mass is 299 g/mol. The van der Waals surface area contributed by atoms with E-state index in [1.54, 1.807) is 18.2 Å². The lowest BCUT2D eigenvalue weighted by molar-refractivity contribution is 0.0899. The molecule has 19 heavy (non-hydrogen) atoms. The van der Waals surface area contributed by atoms with Crippen LogP contribution in [-0.4, -0.2) is 29.8 Å². The van der Waals surface area contributed by atoms with Crippen molar-refractivity contribution in [3.8, 4) is 0 Å². The molecule has 0 amide bonds. The van der Waals surface area contributed by atoms with Gasteiger partial charge in [0.15, 0.2) is 5.78 Å². The van der Waals surface area contributed by atoms with Crippen LogP contribution in [0.1, 0.15) is 43.0 Å². The molecule has 0 N–H and O–H groups in total. The maximum Gasteiger partial charge on any atom is 0.178 e. The molecule has 0 heterocycles. The van der Waals surface area contributed by atoms with Crippen LogP contribution in [0.4, 0.5) is 0 Å². The van der Waals surface area contributed by atoms with Crippen molar-refractivity contribution in [2.24, 2.45) is 0 Å². The van der Waals surface area contributed by atoms with Crippen LogP contribution in [0.25, 0.3) is 0 Å². The molecule has 0 spiro atoms. The van der Waals surface area contributed by atoms with Crippen LogP contribution < -0.4 is 0 Å². The molecular formula is C15H19Cl2NO. The fourth-order valence-corrected chi connectivity index (χ4v) is 3.14. The summed E-state index contributed by atoms with van der Waals surface area (Å²) in [5, 5.41) is 1.04. The summed E-state index contributed by atoms with van der Waals surface area (Å²) in [5.41, 5.74) is 0.533. The number of Topliss-reactive ketones (excluding diaryl/α,β-unsaturated/α-hetero) is 1. The second-order valence-corrected chi connectivity index (χ2v) is 5.89. The Morgan fingerprint density at radius 1 is 1.32 bits per heavy atom. The van der Waals surface area contributed by atoms with Gasteiger partial charge in [-0.1, -0.05) is 43.0 Å². The third-order valence-electron chi connectivity index (χ3n) is 3.82. The summed E-state index contributed by atoms with van der Waals surface area (Å²) in [6.07, 6.45) is 4.94. The van der Waals surface area contributed by atoms with Gasteiger partial charge in [0, 0.05) is 16.6 Å². The summed E-state index contributed by atoms with van der Waals surface area (Å²) in [6, 6.07) is 5.60. The van der Waals surface area contributed by atoms with E-state index in [0.29, 0.717) is 28.2 Å². The van der Waals surface area contributed by atoms with Crippen molar-refractivity contribution in [1.29, 1.82) is 0 Å². The fourth-order valence-electron chi connectivity index (χ4n) is 2.75. The molecule has 2 rings (SSSR count). The maximum atomic E-state index is 12.4. The Morgan fingerprint density at radius 3 is 2.63 bits per heavy atom. The van der Waals surface area contributed by atoms with Crippen molar-refractivity contribution in [2.45, 2.75) is 38.6 Å². The highest BCUT2D eigenvalue weighted by atomic mass is 35.5. The van der Waals surface area contributed by atoms with E-state index in [9.17, 15) is 4.79 Å². The number of hydrogen-bond acceptors (Lipinski definition) is 2. The minimum atomic E-state index is 0.0567.